The lowest BCUT2D eigenvalue weighted by Gasteiger charge is -2.25. The van der Waals surface area contributed by atoms with Crippen molar-refractivity contribution in [2.45, 2.75) is 58.5 Å². The second-order valence-corrected chi connectivity index (χ2v) is 6.04. The molecule has 0 spiro atoms. The van der Waals surface area contributed by atoms with Gasteiger partial charge in [0, 0.05) is 6.54 Å². The van der Waals surface area contributed by atoms with Crippen LogP contribution in [0.2, 0.25) is 0 Å². The number of hydrogen-bond acceptors (Lipinski definition) is 2. The summed E-state index contributed by atoms with van der Waals surface area (Å²) in [5.41, 5.74) is 1.35. The van der Waals surface area contributed by atoms with E-state index in [9.17, 15) is 0 Å². The van der Waals surface area contributed by atoms with Crippen molar-refractivity contribution in [3.63, 3.8) is 0 Å². The molecule has 0 aliphatic heterocycles. The van der Waals surface area contributed by atoms with Crippen LogP contribution in [0.15, 0.2) is 10.7 Å². The summed E-state index contributed by atoms with van der Waals surface area (Å²) < 4.78 is 3.34. The van der Waals surface area contributed by atoms with Crippen LogP contribution in [-0.2, 0) is 6.54 Å². The zero-order chi connectivity index (χ0) is 13.0. The summed E-state index contributed by atoms with van der Waals surface area (Å²) in [7, 11) is 0. The summed E-state index contributed by atoms with van der Waals surface area (Å²) in [6.07, 6.45) is 8.54. The summed E-state index contributed by atoms with van der Waals surface area (Å²) in [5, 5.41) is 8.19. The number of halogens is 1. The van der Waals surface area contributed by atoms with Crippen LogP contribution in [0.3, 0.4) is 0 Å². The number of aryl methyl sites for hydroxylation is 1. The monoisotopic (exact) mass is 313 g/mol. The van der Waals surface area contributed by atoms with Crippen molar-refractivity contribution < 1.29 is 0 Å². The van der Waals surface area contributed by atoms with E-state index in [1.165, 1.54) is 31.4 Å². The molecule has 1 unspecified atom stereocenters. The van der Waals surface area contributed by atoms with Gasteiger partial charge in [-0.15, -0.1) is 0 Å². The number of nitrogens with zero attached hydrogens (tertiary/aromatic N) is 2. The Kier molecular flexibility index (Phi) is 5.25. The van der Waals surface area contributed by atoms with Gasteiger partial charge in [-0.2, -0.15) is 5.10 Å². The number of rotatable bonds is 6. The van der Waals surface area contributed by atoms with Crippen molar-refractivity contribution >= 4 is 15.9 Å². The van der Waals surface area contributed by atoms with Gasteiger partial charge >= 0.3 is 0 Å². The predicted molar refractivity (Wildman–Crippen MR) is 78.6 cm³/mol. The van der Waals surface area contributed by atoms with E-state index in [-0.39, 0.29) is 0 Å². The van der Waals surface area contributed by atoms with E-state index in [0.717, 1.165) is 29.9 Å². The fourth-order valence-electron chi connectivity index (χ4n) is 3.07. The third-order valence-electron chi connectivity index (χ3n) is 3.86. The summed E-state index contributed by atoms with van der Waals surface area (Å²) in [6.45, 7) is 6.42. The van der Waals surface area contributed by atoms with Crippen LogP contribution in [0.25, 0.3) is 0 Å². The largest absolute Gasteiger partial charge is 0.309 e. The van der Waals surface area contributed by atoms with Crippen molar-refractivity contribution in [2.75, 3.05) is 6.54 Å². The Balaban J connectivity index is 2.25. The average Bonchev–Trinajstić information content (AvgIpc) is 2.98. The Hall–Kier alpha value is -0.350. The van der Waals surface area contributed by atoms with E-state index < -0.39 is 0 Å². The van der Waals surface area contributed by atoms with Gasteiger partial charge in [-0.1, -0.05) is 26.7 Å². The Bertz CT molecular complexity index is 369. The third kappa shape index (κ3) is 2.97. The minimum absolute atomic E-state index is 0.459. The molecule has 1 fully saturated rings. The van der Waals surface area contributed by atoms with Crippen LogP contribution < -0.4 is 5.32 Å². The van der Waals surface area contributed by atoms with Gasteiger partial charge in [0.2, 0.25) is 0 Å². The number of nitrogens with one attached hydrogen (secondary N) is 1. The fourth-order valence-corrected chi connectivity index (χ4v) is 3.61. The molecule has 1 saturated carbocycles. The highest BCUT2D eigenvalue weighted by molar-refractivity contribution is 9.10. The molecule has 0 radical (unpaired) electrons. The Morgan fingerprint density at radius 3 is 2.78 bits per heavy atom. The van der Waals surface area contributed by atoms with Crippen molar-refractivity contribution in [3.8, 4) is 0 Å². The number of aromatic nitrogens is 2. The van der Waals surface area contributed by atoms with Gasteiger partial charge in [0.25, 0.3) is 0 Å². The second kappa shape index (κ2) is 6.71. The van der Waals surface area contributed by atoms with Crippen molar-refractivity contribution in [1.29, 1.82) is 0 Å². The molecule has 1 heterocycles. The Morgan fingerprint density at radius 1 is 1.44 bits per heavy atom. The highest BCUT2D eigenvalue weighted by Crippen LogP contribution is 2.38. The molecule has 4 heteroatoms. The SMILES string of the molecule is CCCn1ncc(Br)c1C(NCC)C1CCCC1. The minimum atomic E-state index is 0.459. The van der Waals surface area contributed by atoms with Crippen molar-refractivity contribution in [3.05, 3.63) is 16.4 Å². The minimum Gasteiger partial charge on any atom is -0.309 e. The first kappa shape index (κ1) is 14.1. The smallest absolute Gasteiger partial charge is 0.0698 e. The molecule has 18 heavy (non-hydrogen) atoms. The zero-order valence-electron chi connectivity index (χ0n) is 11.5. The molecule has 0 saturated heterocycles. The molecule has 0 bridgehead atoms. The lowest BCUT2D eigenvalue weighted by atomic mass is 9.95. The van der Waals surface area contributed by atoms with Crippen LogP contribution in [0.5, 0.6) is 0 Å². The van der Waals surface area contributed by atoms with Gasteiger partial charge in [-0.25, -0.2) is 0 Å². The summed E-state index contributed by atoms with van der Waals surface area (Å²) in [4.78, 5) is 0. The summed E-state index contributed by atoms with van der Waals surface area (Å²) >= 11 is 3.68. The molecule has 0 amide bonds. The normalized spacial score (nSPS) is 18.4. The molecule has 0 aromatic carbocycles. The third-order valence-corrected chi connectivity index (χ3v) is 4.47. The van der Waals surface area contributed by atoms with Crippen molar-refractivity contribution in [2.24, 2.45) is 5.92 Å². The van der Waals surface area contributed by atoms with E-state index in [1.807, 2.05) is 6.20 Å². The molecule has 1 aromatic heterocycles. The molecular weight excluding hydrogens is 290 g/mol. The fraction of sp³-hybridized carbons (Fsp3) is 0.786. The maximum Gasteiger partial charge on any atom is 0.0698 e. The summed E-state index contributed by atoms with van der Waals surface area (Å²) in [5.74, 6) is 0.772. The quantitative estimate of drug-likeness (QED) is 0.863. The molecule has 3 nitrogen and oxygen atoms in total. The lowest BCUT2D eigenvalue weighted by Crippen LogP contribution is -2.29. The van der Waals surface area contributed by atoms with E-state index in [2.05, 4.69) is 44.9 Å². The lowest BCUT2D eigenvalue weighted by molar-refractivity contribution is 0.348. The van der Waals surface area contributed by atoms with Crippen LogP contribution >= 0.6 is 15.9 Å². The maximum absolute atomic E-state index is 4.51. The molecule has 1 aliphatic rings. The molecule has 1 N–H and O–H groups in total. The van der Waals surface area contributed by atoms with Crippen LogP contribution in [0, 0.1) is 5.92 Å². The predicted octanol–water partition coefficient (Wildman–Crippen LogP) is 3.90. The molecule has 102 valence electrons. The van der Waals surface area contributed by atoms with Crippen LogP contribution in [0.1, 0.15) is 57.7 Å². The Morgan fingerprint density at radius 2 is 2.17 bits per heavy atom. The van der Waals surface area contributed by atoms with Crippen LogP contribution in [0.4, 0.5) is 0 Å². The van der Waals surface area contributed by atoms with Gasteiger partial charge in [0.1, 0.15) is 0 Å². The van der Waals surface area contributed by atoms with Gasteiger partial charge in [-0.3, -0.25) is 4.68 Å². The molecule has 1 atom stereocenters. The first-order valence-corrected chi connectivity index (χ1v) is 8.01. The van der Waals surface area contributed by atoms with Crippen molar-refractivity contribution in [1.82, 2.24) is 15.1 Å². The van der Waals surface area contributed by atoms with Gasteiger partial charge in [0.15, 0.2) is 0 Å². The topological polar surface area (TPSA) is 29.9 Å². The van der Waals surface area contributed by atoms with Gasteiger partial charge in [0.05, 0.1) is 22.4 Å². The van der Waals surface area contributed by atoms with E-state index in [1.54, 1.807) is 0 Å². The highest BCUT2D eigenvalue weighted by atomic mass is 79.9. The van der Waals surface area contributed by atoms with Crippen LogP contribution in [-0.4, -0.2) is 16.3 Å². The Labute approximate surface area is 118 Å². The highest BCUT2D eigenvalue weighted by Gasteiger charge is 2.29. The molecular formula is C14H24BrN3. The summed E-state index contributed by atoms with van der Waals surface area (Å²) in [6, 6.07) is 0.459. The first-order chi connectivity index (χ1) is 8.77. The first-order valence-electron chi connectivity index (χ1n) is 7.22. The maximum atomic E-state index is 4.51. The molecule has 1 aliphatic carbocycles. The zero-order valence-corrected chi connectivity index (χ0v) is 13.0. The van der Waals surface area contributed by atoms with E-state index >= 15 is 0 Å². The molecule has 2 rings (SSSR count). The van der Waals surface area contributed by atoms with E-state index in [0.29, 0.717) is 6.04 Å². The molecule has 1 aromatic rings. The van der Waals surface area contributed by atoms with Gasteiger partial charge in [-0.05, 0) is 47.7 Å². The van der Waals surface area contributed by atoms with E-state index in [4.69, 9.17) is 0 Å². The second-order valence-electron chi connectivity index (χ2n) is 5.18. The standard InChI is InChI=1S/C14H24BrN3/c1-3-9-18-14(12(15)10-17-18)13(16-4-2)11-7-5-6-8-11/h10-11,13,16H,3-9H2,1-2H3. The average molecular weight is 314 g/mol. The number of hydrogen-bond donors (Lipinski definition) is 1. The van der Waals surface area contributed by atoms with Gasteiger partial charge < -0.3 is 5.32 Å².